The largest absolute Gasteiger partial charge is 0.546 e. The maximum Gasteiger partial charge on any atom is 0.138 e. The number of ether oxygens (including phenoxy) is 1. The first-order valence-corrected chi connectivity index (χ1v) is 6.32. The monoisotopic (exact) mass is 249 g/mol. The number of rotatable bonds is 5. The molecule has 1 rings (SSSR count). The van der Waals surface area contributed by atoms with Gasteiger partial charge >= 0.3 is 0 Å². The van der Waals surface area contributed by atoms with Crippen molar-refractivity contribution in [2.45, 2.75) is 52.1 Å². The zero-order valence-corrected chi connectivity index (χ0v) is 11.5. The Morgan fingerprint density at radius 3 is 2.22 bits per heavy atom. The third kappa shape index (κ3) is 4.06. The van der Waals surface area contributed by atoms with Crippen LogP contribution in [0, 0.1) is 0 Å². The smallest absolute Gasteiger partial charge is 0.138 e. The zero-order chi connectivity index (χ0) is 13.8. The summed E-state index contributed by atoms with van der Waals surface area (Å²) in [5.41, 5.74) is 1.27. The van der Waals surface area contributed by atoms with Gasteiger partial charge in [-0.25, -0.2) is 0 Å². The molecule has 0 aromatic heterocycles. The number of carboxylic acids is 1. The van der Waals surface area contributed by atoms with Gasteiger partial charge in [-0.1, -0.05) is 46.2 Å². The van der Waals surface area contributed by atoms with Gasteiger partial charge < -0.3 is 14.6 Å². The van der Waals surface area contributed by atoms with E-state index in [0.29, 0.717) is 12.2 Å². The van der Waals surface area contributed by atoms with E-state index in [9.17, 15) is 9.90 Å². The molecule has 0 saturated heterocycles. The summed E-state index contributed by atoms with van der Waals surface area (Å²) in [4.78, 5) is 10.9. The van der Waals surface area contributed by atoms with Gasteiger partial charge in [0.2, 0.25) is 0 Å². The van der Waals surface area contributed by atoms with E-state index >= 15 is 0 Å². The summed E-state index contributed by atoms with van der Waals surface area (Å²) in [6.45, 7) is 8.31. The van der Waals surface area contributed by atoms with E-state index < -0.39 is 12.1 Å². The van der Waals surface area contributed by atoms with E-state index in [2.05, 4.69) is 20.8 Å². The van der Waals surface area contributed by atoms with E-state index in [4.69, 9.17) is 4.74 Å². The minimum absolute atomic E-state index is 0.0791. The fourth-order valence-electron chi connectivity index (χ4n) is 1.68. The zero-order valence-electron chi connectivity index (χ0n) is 11.5. The van der Waals surface area contributed by atoms with Crippen LogP contribution in [-0.4, -0.2) is 12.1 Å². The molecule has 0 N–H and O–H groups in total. The molecule has 0 fully saturated rings. The molecular formula is C15H21O3-. The van der Waals surface area contributed by atoms with Gasteiger partial charge in [-0.2, -0.15) is 0 Å². The topological polar surface area (TPSA) is 49.4 Å². The molecule has 1 aromatic carbocycles. The molecule has 0 heterocycles. The quantitative estimate of drug-likeness (QED) is 0.804. The molecule has 1 aromatic rings. The lowest BCUT2D eigenvalue weighted by molar-refractivity contribution is -0.313. The SMILES string of the molecule is CCCC(Oc1ccc(C(C)(C)C)cc1)C(=O)[O-]. The Morgan fingerprint density at radius 1 is 1.28 bits per heavy atom. The highest BCUT2D eigenvalue weighted by molar-refractivity contribution is 5.70. The van der Waals surface area contributed by atoms with Crippen molar-refractivity contribution in [3.63, 3.8) is 0 Å². The summed E-state index contributed by atoms with van der Waals surface area (Å²) in [5, 5.41) is 10.9. The van der Waals surface area contributed by atoms with Crippen LogP contribution in [0.25, 0.3) is 0 Å². The Hall–Kier alpha value is -1.51. The van der Waals surface area contributed by atoms with Gasteiger partial charge in [0.1, 0.15) is 11.9 Å². The lowest BCUT2D eigenvalue weighted by atomic mass is 9.87. The van der Waals surface area contributed by atoms with Crippen LogP contribution >= 0.6 is 0 Å². The molecule has 0 saturated carbocycles. The third-order valence-corrected chi connectivity index (χ3v) is 2.81. The summed E-state index contributed by atoms with van der Waals surface area (Å²) in [6.07, 6.45) is 0.345. The van der Waals surface area contributed by atoms with Crippen LogP contribution < -0.4 is 9.84 Å². The van der Waals surface area contributed by atoms with Crippen LogP contribution in [0.4, 0.5) is 0 Å². The van der Waals surface area contributed by atoms with Gasteiger partial charge in [0.05, 0.1) is 5.97 Å². The first-order chi connectivity index (χ1) is 8.34. The summed E-state index contributed by atoms with van der Waals surface area (Å²) in [6, 6.07) is 7.56. The van der Waals surface area contributed by atoms with Gasteiger partial charge in [-0.05, 0) is 29.5 Å². The van der Waals surface area contributed by atoms with Gasteiger partial charge in [-0.15, -0.1) is 0 Å². The maximum absolute atomic E-state index is 10.9. The van der Waals surface area contributed by atoms with Crippen molar-refractivity contribution in [1.82, 2.24) is 0 Å². The fourth-order valence-corrected chi connectivity index (χ4v) is 1.68. The van der Waals surface area contributed by atoms with E-state index in [1.165, 1.54) is 5.56 Å². The van der Waals surface area contributed by atoms with Crippen molar-refractivity contribution in [1.29, 1.82) is 0 Å². The highest BCUT2D eigenvalue weighted by Crippen LogP contribution is 2.24. The maximum atomic E-state index is 10.9. The number of carboxylic acid groups (broad SMARTS) is 1. The molecule has 3 heteroatoms. The molecule has 0 aliphatic rings. The number of benzene rings is 1. The number of hydrogen-bond acceptors (Lipinski definition) is 3. The Morgan fingerprint density at radius 2 is 1.83 bits per heavy atom. The predicted molar refractivity (Wildman–Crippen MR) is 69.5 cm³/mol. The van der Waals surface area contributed by atoms with Crippen molar-refractivity contribution in [2.24, 2.45) is 0 Å². The first-order valence-electron chi connectivity index (χ1n) is 6.32. The van der Waals surface area contributed by atoms with Crippen LogP contribution in [0.5, 0.6) is 5.75 Å². The number of carbonyl (C=O) groups excluding carboxylic acids is 1. The molecule has 0 amide bonds. The molecular weight excluding hydrogens is 228 g/mol. The van der Waals surface area contributed by atoms with Crippen molar-refractivity contribution >= 4 is 5.97 Å². The summed E-state index contributed by atoms with van der Waals surface area (Å²) in [7, 11) is 0. The molecule has 1 atom stereocenters. The summed E-state index contributed by atoms with van der Waals surface area (Å²) >= 11 is 0. The van der Waals surface area contributed by atoms with Crippen LogP contribution in [-0.2, 0) is 10.2 Å². The van der Waals surface area contributed by atoms with Gasteiger partial charge in [0.25, 0.3) is 0 Å². The fraction of sp³-hybridized carbons (Fsp3) is 0.533. The standard InChI is InChI=1S/C15H22O3/c1-5-6-13(14(16)17)18-12-9-7-11(8-10-12)15(2,3)4/h7-10,13H,5-6H2,1-4H3,(H,16,17)/p-1. The minimum Gasteiger partial charge on any atom is -0.546 e. The lowest BCUT2D eigenvalue weighted by Gasteiger charge is -2.22. The van der Waals surface area contributed by atoms with Crippen LogP contribution in [0.3, 0.4) is 0 Å². The Balaban J connectivity index is 2.76. The third-order valence-electron chi connectivity index (χ3n) is 2.81. The molecule has 1 unspecified atom stereocenters. The highest BCUT2D eigenvalue weighted by atomic mass is 16.5. The number of hydrogen-bond donors (Lipinski definition) is 0. The predicted octanol–water partition coefficient (Wildman–Crippen LogP) is 2.28. The van der Waals surface area contributed by atoms with Crippen LogP contribution in [0.2, 0.25) is 0 Å². The molecule has 0 radical (unpaired) electrons. The molecule has 0 spiro atoms. The van der Waals surface area contributed by atoms with Crippen molar-refractivity contribution in [3.8, 4) is 5.75 Å². The second-order valence-corrected chi connectivity index (χ2v) is 5.49. The molecule has 18 heavy (non-hydrogen) atoms. The Kier molecular flexibility index (Phi) is 4.76. The first kappa shape index (κ1) is 14.6. The van der Waals surface area contributed by atoms with Gasteiger partial charge in [0.15, 0.2) is 0 Å². The average molecular weight is 249 g/mol. The molecule has 0 aliphatic heterocycles. The average Bonchev–Trinajstić information content (AvgIpc) is 2.28. The van der Waals surface area contributed by atoms with Crippen LogP contribution in [0.15, 0.2) is 24.3 Å². The Labute approximate surface area is 109 Å². The lowest BCUT2D eigenvalue weighted by Crippen LogP contribution is -2.39. The van der Waals surface area contributed by atoms with Crippen molar-refractivity contribution < 1.29 is 14.6 Å². The molecule has 100 valence electrons. The van der Waals surface area contributed by atoms with Crippen LogP contribution in [0.1, 0.15) is 46.1 Å². The molecule has 3 nitrogen and oxygen atoms in total. The van der Waals surface area contributed by atoms with E-state index in [1.54, 1.807) is 0 Å². The van der Waals surface area contributed by atoms with Gasteiger partial charge in [-0.3, -0.25) is 0 Å². The van der Waals surface area contributed by atoms with Crippen molar-refractivity contribution in [2.75, 3.05) is 0 Å². The highest BCUT2D eigenvalue weighted by Gasteiger charge is 2.14. The van der Waals surface area contributed by atoms with E-state index in [1.807, 2.05) is 31.2 Å². The summed E-state index contributed by atoms with van der Waals surface area (Å²) < 4.78 is 5.42. The normalized spacial score (nSPS) is 13.1. The minimum atomic E-state index is -1.16. The van der Waals surface area contributed by atoms with Gasteiger partial charge in [0, 0.05) is 0 Å². The number of aliphatic carboxylic acids is 1. The van der Waals surface area contributed by atoms with Crippen molar-refractivity contribution in [3.05, 3.63) is 29.8 Å². The Bertz CT molecular complexity index is 387. The number of carbonyl (C=O) groups is 1. The molecule has 0 bridgehead atoms. The second kappa shape index (κ2) is 5.89. The second-order valence-electron chi connectivity index (χ2n) is 5.49. The van der Waals surface area contributed by atoms with E-state index in [-0.39, 0.29) is 5.41 Å². The molecule has 0 aliphatic carbocycles. The van der Waals surface area contributed by atoms with E-state index in [0.717, 1.165) is 6.42 Å². The summed E-state index contributed by atoms with van der Waals surface area (Å²) in [5.74, 6) is -0.581.